The number of fused-ring (bicyclic) bond motifs is 1. The fourth-order valence-corrected chi connectivity index (χ4v) is 2.80. The molecule has 96 valence electrons. The van der Waals surface area contributed by atoms with Crippen molar-refractivity contribution in [3.8, 4) is 11.3 Å². The average Bonchev–Trinajstić information content (AvgIpc) is 2.74. The second kappa shape index (κ2) is 4.58. The molecule has 1 N–H and O–H groups in total. The topological polar surface area (TPSA) is 15.8 Å². The van der Waals surface area contributed by atoms with Crippen molar-refractivity contribution in [2.24, 2.45) is 0 Å². The Morgan fingerprint density at radius 1 is 0.947 bits per heavy atom. The Bertz CT molecular complexity index is 735. The van der Waals surface area contributed by atoms with Crippen LogP contribution in [0.1, 0.15) is 23.7 Å². The van der Waals surface area contributed by atoms with Crippen molar-refractivity contribution < 1.29 is 0 Å². The van der Waals surface area contributed by atoms with Gasteiger partial charge < -0.3 is 4.98 Å². The molecule has 0 aliphatic carbocycles. The molecule has 0 fully saturated rings. The zero-order valence-corrected chi connectivity index (χ0v) is 11.7. The van der Waals surface area contributed by atoms with E-state index in [1.54, 1.807) is 0 Å². The molecular formula is C18H19N. The van der Waals surface area contributed by atoms with Gasteiger partial charge in [-0.05, 0) is 53.8 Å². The van der Waals surface area contributed by atoms with Gasteiger partial charge in [-0.15, -0.1) is 0 Å². The van der Waals surface area contributed by atoms with Gasteiger partial charge in [-0.2, -0.15) is 0 Å². The first kappa shape index (κ1) is 12.0. The van der Waals surface area contributed by atoms with Crippen LogP contribution in [-0.2, 0) is 6.42 Å². The number of aromatic amines is 1. The molecule has 0 atom stereocenters. The molecule has 0 spiro atoms. The van der Waals surface area contributed by atoms with Crippen LogP contribution in [0.2, 0.25) is 0 Å². The van der Waals surface area contributed by atoms with Crippen LogP contribution in [0, 0.1) is 13.8 Å². The second-order valence-electron chi connectivity index (χ2n) is 5.14. The highest BCUT2D eigenvalue weighted by molar-refractivity contribution is 5.87. The molecular weight excluding hydrogens is 230 g/mol. The molecule has 0 aliphatic heterocycles. The van der Waals surface area contributed by atoms with Crippen LogP contribution in [0.4, 0.5) is 0 Å². The zero-order chi connectivity index (χ0) is 13.4. The van der Waals surface area contributed by atoms with Crippen molar-refractivity contribution in [3.05, 3.63) is 59.3 Å². The normalized spacial score (nSPS) is 11.1. The number of nitrogens with one attached hydrogen (secondary N) is 1. The third-order valence-electron chi connectivity index (χ3n) is 4.02. The fraction of sp³-hybridized carbons (Fsp3) is 0.222. The van der Waals surface area contributed by atoms with Crippen LogP contribution in [0.15, 0.2) is 42.5 Å². The summed E-state index contributed by atoms with van der Waals surface area (Å²) >= 11 is 0. The van der Waals surface area contributed by atoms with E-state index in [9.17, 15) is 0 Å². The lowest BCUT2D eigenvalue weighted by atomic mass is 10.00. The van der Waals surface area contributed by atoms with Gasteiger partial charge in [0.05, 0.1) is 0 Å². The molecule has 0 unspecified atom stereocenters. The van der Waals surface area contributed by atoms with E-state index >= 15 is 0 Å². The van der Waals surface area contributed by atoms with E-state index < -0.39 is 0 Å². The minimum Gasteiger partial charge on any atom is -0.358 e. The molecule has 1 heterocycles. The van der Waals surface area contributed by atoms with Gasteiger partial charge in [-0.1, -0.05) is 43.3 Å². The predicted octanol–water partition coefficient (Wildman–Crippen LogP) is 5.01. The molecule has 0 aliphatic rings. The number of H-pyrrole nitrogens is 1. The molecule has 19 heavy (non-hydrogen) atoms. The summed E-state index contributed by atoms with van der Waals surface area (Å²) in [5, 5.41) is 2.59. The van der Waals surface area contributed by atoms with E-state index in [1.807, 2.05) is 0 Å². The van der Waals surface area contributed by atoms with Crippen molar-refractivity contribution in [1.82, 2.24) is 4.98 Å². The van der Waals surface area contributed by atoms with Crippen molar-refractivity contribution in [2.75, 3.05) is 0 Å². The first-order chi connectivity index (χ1) is 9.20. The lowest BCUT2D eigenvalue weighted by Gasteiger charge is -2.05. The van der Waals surface area contributed by atoms with Gasteiger partial charge in [0.25, 0.3) is 0 Å². The summed E-state index contributed by atoms with van der Waals surface area (Å²) in [6.07, 6.45) is 1.07. The van der Waals surface area contributed by atoms with E-state index in [2.05, 4.69) is 68.2 Å². The molecule has 0 saturated carbocycles. The fourth-order valence-electron chi connectivity index (χ4n) is 2.80. The number of hydrogen-bond donors (Lipinski definition) is 1. The number of aryl methyl sites for hydroxylation is 1. The minimum atomic E-state index is 1.07. The molecule has 3 aromatic rings. The summed E-state index contributed by atoms with van der Waals surface area (Å²) in [5.74, 6) is 0. The van der Waals surface area contributed by atoms with Crippen LogP contribution in [0.25, 0.3) is 22.0 Å². The summed E-state index contributed by atoms with van der Waals surface area (Å²) in [5.41, 5.74) is 6.67. The highest BCUT2D eigenvalue weighted by Crippen LogP contribution is 2.30. The standard InChI is InChI=1S/C18H19N/c1-4-17-12(2)13(3)19-18(17)16-10-9-14-7-5-6-8-15(14)11-16/h5-11,19H,4H2,1-3H3. The quantitative estimate of drug-likeness (QED) is 0.656. The van der Waals surface area contributed by atoms with E-state index in [0.29, 0.717) is 0 Å². The highest BCUT2D eigenvalue weighted by Gasteiger charge is 2.11. The molecule has 0 saturated heterocycles. The number of hydrogen-bond acceptors (Lipinski definition) is 0. The van der Waals surface area contributed by atoms with Gasteiger partial charge in [0.2, 0.25) is 0 Å². The lowest BCUT2D eigenvalue weighted by molar-refractivity contribution is 1.12. The van der Waals surface area contributed by atoms with Gasteiger partial charge in [0.1, 0.15) is 0 Å². The molecule has 1 aromatic heterocycles. The first-order valence-electron chi connectivity index (χ1n) is 6.88. The second-order valence-corrected chi connectivity index (χ2v) is 5.14. The molecule has 1 heteroatoms. The SMILES string of the molecule is CCc1c(-c2ccc3ccccc3c2)[nH]c(C)c1C. The summed E-state index contributed by atoms with van der Waals surface area (Å²) in [6, 6.07) is 15.2. The smallest absolute Gasteiger partial charge is 0.0491 e. The van der Waals surface area contributed by atoms with Crippen molar-refractivity contribution in [3.63, 3.8) is 0 Å². The Morgan fingerprint density at radius 2 is 1.68 bits per heavy atom. The molecule has 0 bridgehead atoms. The molecule has 3 rings (SSSR count). The van der Waals surface area contributed by atoms with Gasteiger partial charge in [-0.25, -0.2) is 0 Å². The third-order valence-corrected chi connectivity index (χ3v) is 4.02. The maximum absolute atomic E-state index is 3.54. The molecule has 0 amide bonds. The average molecular weight is 249 g/mol. The van der Waals surface area contributed by atoms with Crippen LogP contribution in [-0.4, -0.2) is 4.98 Å². The number of aromatic nitrogens is 1. The van der Waals surface area contributed by atoms with Crippen LogP contribution < -0.4 is 0 Å². The van der Waals surface area contributed by atoms with Crippen LogP contribution >= 0.6 is 0 Å². The molecule has 1 nitrogen and oxygen atoms in total. The van der Waals surface area contributed by atoms with Gasteiger partial charge in [0, 0.05) is 11.4 Å². The van der Waals surface area contributed by atoms with Crippen molar-refractivity contribution in [1.29, 1.82) is 0 Å². The van der Waals surface area contributed by atoms with E-state index in [0.717, 1.165) is 6.42 Å². The van der Waals surface area contributed by atoms with Gasteiger partial charge >= 0.3 is 0 Å². The van der Waals surface area contributed by atoms with Crippen LogP contribution in [0.5, 0.6) is 0 Å². The third kappa shape index (κ3) is 1.95. The summed E-state index contributed by atoms with van der Waals surface area (Å²) in [7, 11) is 0. The largest absolute Gasteiger partial charge is 0.358 e. The van der Waals surface area contributed by atoms with E-state index in [4.69, 9.17) is 0 Å². The summed E-state index contributed by atoms with van der Waals surface area (Å²) in [6.45, 7) is 6.58. The summed E-state index contributed by atoms with van der Waals surface area (Å²) < 4.78 is 0. The molecule has 2 aromatic carbocycles. The predicted molar refractivity (Wildman–Crippen MR) is 82.6 cm³/mol. The van der Waals surface area contributed by atoms with Gasteiger partial charge in [-0.3, -0.25) is 0 Å². The molecule has 0 radical (unpaired) electrons. The monoisotopic (exact) mass is 249 g/mol. The van der Waals surface area contributed by atoms with Crippen LogP contribution in [0.3, 0.4) is 0 Å². The van der Waals surface area contributed by atoms with Gasteiger partial charge in [0.15, 0.2) is 0 Å². The number of benzene rings is 2. The summed E-state index contributed by atoms with van der Waals surface area (Å²) in [4.78, 5) is 3.54. The zero-order valence-electron chi connectivity index (χ0n) is 11.7. The Hall–Kier alpha value is -2.02. The van der Waals surface area contributed by atoms with Crippen molar-refractivity contribution >= 4 is 10.8 Å². The maximum Gasteiger partial charge on any atom is 0.0491 e. The van der Waals surface area contributed by atoms with Crippen molar-refractivity contribution in [2.45, 2.75) is 27.2 Å². The Balaban J connectivity index is 2.21. The Labute approximate surface area is 114 Å². The Morgan fingerprint density at radius 3 is 2.42 bits per heavy atom. The highest BCUT2D eigenvalue weighted by atomic mass is 14.7. The minimum absolute atomic E-state index is 1.07. The van der Waals surface area contributed by atoms with E-state index in [-0.39, 0.29) is 0 Å². The maximum atomic E-state index is 3.54. The number of rotatable bonds is 2. The first-order valence-corrected chi connectivity index (χ1v) is 6.88. The van der Waals surface area contributed by atoms with E-state index in [1.165, 1.54) is 38.9 Å². The Kier molecular flexibility index (Phi) is 2.90. The lowest BCUT2D eigenvalue weighted by Crippen LogP contribution is -1.86.